The van der Waals surface area contributed by atoms with Crippen molar-refractivity contribution in [2.24, 2.45) is 17.7 Å². The summed E-state index contributed by atoms with van der Waals surface area (Å²) in [6.07, 6.45) is 6.49. The highest BCUT2D eigenvalue weighted by atomic mass is 15.2. The highest BCUT2D eigenvalue weighted by molar-refractivity contribution is 5.26. The Morgan fingerprint density at radius 1 is 1.33 bits per heavy atom. The zero-order valence-corrected chi connectivity index (χ0v) is 11.7. The minimum absolute atomic E-state index is 0.322. The van der Waals surface area contributed by atoms with E-state index in [0.717, 1.165) is 12.3 Å². The minimum atomic E-state index is 0.322. The average Bonchev–Trinajstić information content (AvgIpc) is 2.27. The lowest BCUT2D eigenvalue weighted by molar-refractivity contribution is 0.262. The van der Waals surface area contributed by atoms with Crippen molar-refractivity contribution < 1.29 is 0 Å². The van der Waals surface area contributed by atoms with Crippen molar-refractivity contribution in [3.63, 3.8) is 0 Å². The molecule has 0 saturated heterocycles. The van der Waals surface area contributed by atoms with Gasteiger partial charge in [0.1, 0.15) is 0 Å². The van der Waals surface area contributed by atoms with E-state index in [2.05, 4.69) is 43.5 Å². The molecule has 2 heteroatoms. The van der Waals surface area contributed by atoms with Gasteiger partial charge in [-0.25, -0.2) is 0 Å². The number of hydrazine groups is 1. The molecule has 100 valence electrons. The maximum atomic E-state index is 5.73. The van der Waals surface area contributed by atoms with Crippen LogP contribution < -0.4 is 11.3 Å². The van der Waals surface area contributed by atoms with Crippen LogP contribution in [0.4, 0.5) is 0 Å². The van der Waals surface area contributed by atoms with Gasteiger partial charge in [-0.15, -0.1) is 0 Å². The average molecular weight is 246 g/mol. The maximum Gasteiger partial charge on any atom is 0.0462 e. The van der Waals surface area contributed by atoms with Crippen molar-refractivity contribution in [2.75, 3.05) is 0 Å². The van der Waals surface area contributed by atoms with Crippen molar-refractivity contribution in [1.82, 2.24) is 5.43 Å². The lowest BCUT2D eigenvalue weighted by Gasteiger charge is -2.29. The second-order valence-electron chi connectivity index (χ2n) is 6.09. The maximum absolute atomic E-state index is 5.73. The first-order valence-electron chi connectivity index (χ1n) is 7.24. The van der Waals surface area contributed by atoms with Gasteiger partial charge in [0.05, 0.1) is 0 Å². The van der Waals surface area contributed by atoms with E-state index < -0.39 is 0 Å². The van der Waals surface area contributed by atoms with Gasteiger partial charge in [0.15, 0.2) is 0 Å². The molecule has 1 aromatic carbocycles. The lowest BCUT2D eigenvalue weighted by Crippen LogP contribution is -2.31. The molecule has 1 aromatic rings. The summed E-state index contributed by atoms with van der Waals surface area (Å²) in [6, 6.07) is 9.23. The molecule has 1 aliphatic carbocycles. The normalized spacial score (nSPS) is 17.8. The monoisotopic (exact) mass is 246 g/mol. The predicted octanol–water partition coefficient (Wildman–Crippen LogP) is 3.58. The Kier molecular flexibility index (Phi) is 4.79. The zero-order chi connectivity index (χ0) is 13.0. The van der Waals surface area contributed by atoms with Crippen molar-refractivity contribution in [3.05, 3.63) is 35.4 Å². The number of hydrogen-bond donors (Lipinski definition) is 2. The van der Waals surface area contributed by atoms with E-state index >= 15 is 0 Å². The Hall–Kier alpha value is -0.860. The van der Waals surface area contributed by atoms with Crippen LogP contribution in [0.25, 0.3) is 0 Å². The van der Waals surface area contributed by atoms with Crippen molar-refractivity contribution in [3.8, 4) is 0 Å². The van der Waals surface area contributed by atoms with E-state index in [1.54, 1.807) is 0 Å². The number of nitrogens with one attached hydrogen (secondary N) is 1. The summed E-state index contributed by atoms with van der Waals surface area (Å²) in [7, 11) is 0. The van der Waals surface area contributed by atoms with Crippen molar-refractivity contribution in [1.29, 1.82) is 0 Å². The Labute approximate surface area is 111 Å². The largest absolute Gasteiger partial charge is 0.271 e. The minimum Gasteiger partial charge on any atom is -0.271 e. The molecular formula is C16H26N2. The molecule has 1 saturated carbocycles. The molecule has 2 rings (SSSR count). The first-order valence-corrected chi connectivity index (χ1v) is 7.24. The molecule has 0 aromatic heterocycles. The summed E-state index contributed by atoms with van der Waals surface area (Å²) >= 11 is 0. The first kappa shape index (κ1) is 13.6. The van der Waals surface area contributed by atoms with Crippen LogP contribution in [0.3, 0.4) is 0 Å². The van der Waals surface area contributed by atoms with Crippen LogP contribution in [-0.2, 0) is 6.42 Å². The Bertz CT molecular complexity index is 369. The van der Waals surface area contributed by atoms with Gasteiger partial charge in [-0.2, -0.15) is 0 Å². The molecule has 0 heterocycles. The summed E-state index contributed by atoms with van der Waals surface area (Å²) in [4.78, 5) is 0. The number of hydrogen-bond acceptors (Lipinski definition) is 2. The molecule has 0 aliphatic heterocycles. The SMILES string of the molecule is CC(C)Cc1cccc(C(CC2CCC2)NN)c1. The third-order valence-electron chi connectivity index (χ3n) is 3.99. The fourth-order valence-electron chi connectivity index (χ4n) is 2.77. The number of benzene rings is 1. The Balaban J connectivity index is 2.04. The van der Waals surface area contributed by atoms with Crippen LogP contribution in [0.2, 0.25) is 0 Å². The molecule has 0 amide bonds. The second-order valence-corrected chi connectivity index (χ2v) is 6.09. The van der Waals surface area contributed by atoms with Gasteiger partial charge in [-0.05, 0) is 35.8 Å². The van der Waals surface area contributed by atoms with Gasteiger partial charge < -0.3 is 0 Å². The Morgan fingerprint density at radius 3 is 2.67 bits per heavy atom. The fourth-order valence-corrected chi connectivity index (χ4v) is 2.77. The third-order valence-corrected chi connectivity index (χ3v) is 3.99. The first-order chi connectivity index (χ1) is 8.69. The molecule has 1 aliphatic rings. The molecule has 0 spiro atoms. The second kappa shape index (κ2) is 6.35. The van der Waals surface area contributed by atoms with E-state index in [1.165, 1.54) is 36.8 Å². The van der Waals surface area contributed by atoms with E-state index in [0.29, 0.717) is 12.0 Å². The molecule has 1 unspecified atom stereocenters. The molecule has 2 nitrogen and oxygen atoms in total. The zero-order valence-electron chi connectivity index (χ0n) is 11.7. The predicted molar refractivity (Wildman–Crippen MR) is 77.0 cm³/mol. The van der Waals surface area contributed by atoms with Gasteiger partial charge in [0.2, 0.25) is 0 Å². The van der Waals surface area contributed by atoms with Crippen LogP contribution in [0, 0.1) is 11.8 Å². The molecule has 1 fully saturated rings. The van der Waals surface area contributed by atoms with Gasteiger partial charge in [-0.1, -0.05) is 57.4 Å². The van der Waals surface area contributed by atoms with E-state index in [-0.39, 0.29) is 0 Å². The summed E-state index contributed by atoms with van der Waals surface area (Å²) in [5.74, 6) is 7.31. The number of rotatable bonds is 6. The molecule has 18 heavy (non-hydrogen) atoms. The van der Waals surface area contributed by atoms with Gasteiger partial charge in [0.25, 0.3) is 0 Å². The summed E-state index contributed by atoms with van der Waals surface area (Å²) in [5, 5.41) is 0. The quantitative estimate of drug-likeness (QED) is 0.595. The van der Waals surface area contributed by atoms with Gasteiger partial charge in [-0.3, -0.25) is 11.3 Å². The topological polar surface area (TPSA) is 38.0 Å². The van der Waals surface area contributed by atoms with Crippen LogP contribution in [0.1, 0.15) is 56.7 Å². The van der Waals surface area contributed by atoms with Crippen molar-refractivity contribution >= 4 is 0 Å². The van der Waals surface area contributed by atoms with Crippen LogP contribution in [-0.4, -0.2) is 0 Å². The van der Waals surface area contributed by atoms with E-state index in [9.17, 15) is 0 Å². The summed E-state index contributed by atoms with van der Waals surface area (Å²) in [6.45, 7) is 4.53. The van der Waals surface area contributed by atoms with Crippen LogP contribution in [0.15, 0.2) is 24.3 Å². The number of nitrogens with two attached hydrogens (primary N) is 1. The van der Waals surface area contributed by atoms with Crippen molar-refractivity contribution in [2.45, 2.75) is 52.0 Å². The molecule has 1 atom stereocenters. The van der Waals surface area contributed by atoms with E-state index in [4.69, 9.17) is 5.84 Å². The van der Waals surface area contributed by atoms with Crippen LogP contribution >= 0.6 is 0 Å². The third kappa shape index (κ3) is 3.56. The highest BCUT2D eigenvalue weighted by Crippen LogP contribution is 2.34. The standard InChI is InChI=1S/C16H26N2/c1-12(2)9-14-7-4-8-15(10-14)16(18-17)11-13-5-3-6-13/h4,7-8,10,12-13,16,18H,3,5-6,9,11,17H2,1-2H3. The summed E-state index contributed by atoms with van der Waals surface area (Å²) < 4.78 is 0. The van der Waals surface area contributed by atoms with E-state index in [1.807, 2.05) is 0 Å². The molecule has 0 bridgehead atoms. The summed E-state index contributed by atoms with van der Waals surface area (Å²) in [5.41, 5.74) is 5.77. The highest BCUT2D eigenvalue weighted by Gasteiger charge is 2.22. The molecule has 3 N–H and O–H groups in total. The van der Waals surface area contributed by atoms with Crippen LogP contribution in [0.5, 0.6) is 0 Å². The fraction of sp³-hybridized carbons (Fsp3) is 0.625. The smallest absolute Gasteiger partial charge is 0.0462 e. The van der Waals surface area contributed by atoms with Gasteiger partial charge in [0, 0.05) is 6.04 Å². The molecule has 0 radical (unpaired) electrons. The lowest BCUT2D eigenvalue weighted by atomic mass is 9.79. The Morgan fingerprint density at radius 2 is 2.11 bits per heavy atom. The van der Waals surface area contributed by atoms with Gasteiger partial charge >= 0.3 is 0 Å². The molecular weight excluding hydrogens is 220 g/mol.